The van der Waals surface area contributed by atoms with E-state index in [4.69, 9.17) is 0 Å². The fraction of sp³-hybridized carbons (Fsp3) is 0.182. The van der Waals surface area contributed by atoms with Gasteiger partial charge in [0, 0.05) is 35.2 Å². The number of carbonyl (C=O) groups is 1. The van der Waals surface area contributed by atoms with Crippen LogP contribution >= 0.6 is 11.8 Å². The standard InChI is InChI=1S/C22H23N3O3S2/c1-23-30(27,28)16-18-6-4-17(5-7-18)14-25-22(26)20-8-10-21(11-9-20)29-15-19-3-2-12-24-13-19/h2-13,23H,14-16H2,1H3,(H,25,26). The summed E-state index contributed by atoms with van der Waals surface area (Å²) < 4.78 is 25.5. The Morgan fingerprint density at radius 2 is 1.67 bits per heavy atom. The molecule has 0 aliphatic carbocycles. The Morgan fingerprint density at radius 1 is 0.967 bits per heavy atom. The lowest BCUT2D eigenvalue weighted by Gasteiger charge is -2.08. The second-order valence-electron chi connectivity index (χ2n) is 6.64. The second kappa shape index (κ2) is 10.4. The van der Waals surface area contributed by atoms with Gasteiger partial charge >= 0.3 is 0 Å². The molecular formula is C22H23N3O3S2. The average Bonchev–Trinajstić information content (AvgIpc) is 2.78. The molecule has 3 rings (SSSR count). The number of thioether (sulfide) groups is 1. The third kappa shape index (κ3) is 6.69. The molecule has 0 aliphatic heterocycles. The molecule has 0 aliphatic rings. The molecule has 3 aromatic rings. The molecule has 0 saturated heterocycles. The molecule has 8 heteroatoms. The number of aromatic nitrogens is 1. The van der Waals surface area contributed by atoms with Crippen LogP contribution in [0.15, 0.2) is 78.0 Å². The smallest absolute Gasteiger partial charge is 0.251 e. The summed E-state index contributed by atoms with van der Waals surface area (Å²) in [6.07, 6.45) is 3.60. The van der Waals surface area contributed by atoms with Crippen LogP contribution in [0.4, 0.5) is 0 Å². The molecule has 1 amide bonds. The molecule has 0 unspecified atom stereocenters. The van der Waals surface area contributed by atoms with Crippen LogP contribution in [0.25, 0.3) is 0 Å². The topological polar surface area (TPSA) is 88.2 Å². The molecular weight excluding hydrogens is 418 g/mol. The van der Waals surface area contributed by atoms with E-state index in [-0.39, 0.29) is 11.7 Å². The number of sulfonamides is 1. The van der Waals surface area contributed by atoms with Crippen molar-refractivity contribution in [2.24, 2.45) is 0 Å². The molecule has 0 bridgehead atoms. The summed E-state index contributed by atoms with van der Waals surface area (Å²) in [4.78, 5) is 17.6. The van der Waals surface area contributed by atoms with Gasteiger partial charge in [-0.1, -0.05) is 30.3 Å². The Bertz CT molecular complexity index is 1070. The van der Waals surface area contributed by atoms with E-state index >= 15 is 0 Å². The minimum atomic E-state index is -3.30. The zero-order valence-electron chi connectivity index (χ0n) is 16.5. The number of nitrogens with one attached hydrogen (secondary N) is 2. The number of nitrogens with zero attached hydrogens (tertiary/aromatic N) is 1. The first-order valence-electron chi connectivity index (χ1n) is 9.34. The van der Waals surface area contributed by atoms with Crippen molar-refractivity contribution in [1.82, 2.24) is 15.0 Å². The van der Waals surface area contributed by atoms with Gasteiger partial charge in [0.1, 0.15) is 0 Å². The molecule has 0 atom stereocenters. The fourth-order valence-electron chi connectivity index (χ4n) is 2.68. The van der Waals surface area contributed by atoms with Crippen LogP contribution in [0.3, 0.4) is 0 Å². The molecule has 0 saturated carbocycles. The van der Waals surface area contributed by atoms with Crippen molar-refractivity contribution >= 4 is 27.7 Å². The van der Waals surface area contributed by atoms with Crippen LogP contribution in [0, 0.1) is 0 Å². The molecule has 1 aromatic heterocycles. The maximum atomic E-state index is 12.4. The lowest BCUT2D eigenvalue weighted by Crippen LogP contribution is -2.22. The highest BCUT2D eigenvalue weighted by molar-refractivity contribution is 7.98. The minimum Gasteiger partial charge on any atom is -0.348 e. The number of hydrogen-bond donors (Lipinski definition) is 2. The summed E-state index contributed by atoms with van der Waals surface area (Å²) in [6.45, 7) is 0.370. The van der Waals surface area contributed by atoms with Gasteiger partial charge in [-0.05, 0) is 54.1 Å². The molecule has 30 heavy (non-hydrogen) atoms. The Balaban J connectivity index is 1.50. The summed E-state index contributed by atoms with van der Waals surface area (Å²) in [5.74, 6) is 0.604. The summed E-state index contributed by atoms with van der Waals surface area (Å²) >= 11 is 1.69. The van der Waals surface area contributed by atoms with Crippen molar-refractivity contribution in [3.8, 4) is 0 Å². The van der Waals surface area contributed by atoms with Gasteiger partial charge in [0.2, 0.25) is 10.0 Å². The summed E-state index contributed by atoms with van der Waals surface area (Å²) in [5, 5.41) is 2.89. The van der Waals surface area contributed by atoms with Crippen LogP contribution in [0.5, 0.6) is 0 Å². The molecule has 2 N–H and O–H groups in total. The lowest BCUT2D eigenvalue weighted by atomic mass is 10.1. The normalized spacial score (nSPS) is 11.2. The maximum absolute atomic E-state index is 12.4. The molecule has 0 radical (unpaired) electrons. The van der Waals surface area contributed by atoms with E-state index in [2.05, 4.69) is 15.0 Å². The predicted octanol–water partition coefficient (Wildman–Crippen LogP) is 3.35. The van der Waals surface area contributed by atoms with Crippen molar-refractivity contribution in [2.45, 2.75) is 22.9 Å². The van der Waals surface area contributed by atoms with Gasteiger partial charge < -0.3 is 5.32 Å². The first-order chi connectivity index (χ1) is 14.4. The summed E-state index contributed by atoms with van der Waals surface area (Å²) in [6, 6.07) is 18.6. The molecule has 156 valence electrons. The predicted molar refractivity (Wildman–Crippen MR) is 120 cm³/mol. The third-order valence-corrected chi connectivity index (χ3v) is 6.81. The monoisotopic (exact) mass is 441 g/mol. The molecule has 6 nitrogen and oxygen atoms in total. The van der Waals surface area contributed by atoms with Gasteiger partial charge in [0.25, 0.3) is 5.91 Å². The van der Waals surface area contributed by atoms with Gasteiger partial charge in [0.15, 0.2) is 0 Å². The fourth-order valence-corrected chi connectivity index (χ4v) is 4.29. The number of rotatable bonds is 9. The number of amides is 1. The van der Waals surface area contributed by atoms with E-state index in [0.717, 1.165) is 21.8 Å². The number of carbonyl (C=O) groups excluding carboxylic acids is 1. The Kier molecular flexibility index (Phi) is 7.62. The SMILES string of the molecule is CNS(=O)(=O)Cc1ccc(CNC(=O)c2ccc(SCc3cccnc3)cc2)cc1. The van der Waals surface area contributed by atoms with E-state index < -0.39 is 10.0 Å². The van der Waals surface area contributed by atoms with E-state index in [0.29, 0.717) is 17.7 Å². The van der Waals surface area contributed by atoms with Crippen molar-refractivity contribution in [3.63, 3.8) is 0 Å². The zero-order valence-corrected chi connectivity index (χ0v) is 18.2. The van der Waals surface area contributed by atoms with Crippen molar-refractivity contribution in [1.29, 1.82) is 0 Å². The van der Waals surface area contributed by atoms with Crippen molar-refractivity contribution < 1.29 is 13.2 Å². The summed E-state index contributed by atoms with van der Waals surface area (Å²) in [7, 11) is -1.90. The second-order valence-corrected chi connectivity index (χ2v) is 9.61. The van der Waals surface area contributed by atoms with Crippen molar-refractivity contribution in [3.05, 3.63) is 95.3 Å². The van der Waals surface area contributed by atoms with Gasteiger partial charge in [0.05, 0.1) is 5.75 Å². The largest absolute Gasteiger partial charge is 0.348 e. The van der Waals surface area contributed by atoms with E-state index in [1.807, 2.05) is 54.7 Å². The Morgan fingerprint density at radius 3 is 2.30 bits per heavy atom. The van der Waals surface area contributed by atoms with Crippen LogP contribution in [-0.4, -0.2) is 26.4 Å². The first kappa shape index (κ1) is 22.0. The molecule has 2 aromatic carbocycles. The molecule has 0 fully saturated rings. The van der Waals surface area contributed by atoms with E-state index in [1.54, 1.807) is 30.1 Å². The highest BCUT2D eigenvalue weighted by atomic mass is 32.2. The third-order valence-electron chi connectivity index (χ3n) is 4.39. The lowest BCUT2D eigenvalue weighted by molar-refractivity contribution is 0.0951. The minimum absolute atomic E-state index is 0.0682. The van der Waals surface area contributed by atoms with Gasteiger partial charge in [-0.15, -0.1) is 11.8 Å². The molecule has 1 heterocycles. The highest BCUT2D eigenvalue weighted by Gasteiger charge is 2.09. The highest BCUT2D eigenvalue weighted by Crippen LogP contribution is 2.22. The van der Waals surface area contributed by atoms with Gasteiger partial charge in [-0.25, -0.2) is 13.1 Å². The van der Waals surface area contributed by atoms with Crippen LogP contribution < -0.4 is 10.0 Å². The summed E-state index contributed by atoms with van der Waals surface area (Å²) in [5.41, 5.74) is 3.34. The van der Waals surface area contributed by atoms with Crippen LogP contribution in [0.1, 0.15) is 27.0 Å². The quantitative estimate of drug-likeness (QED) is 0.497. The van der Waals surface area contributed by atoms with E-state index in [9.17, 15) is 13.2 Å². The van der Waals surface area contributed by atoms with Crippen LogP contribution in [-0.2, 0) is 28.1 Å². The number of hydrogen-bond acceptors (Lipinski definition) is 5. The van der Waals surface area contributed by atoms with Gasteiger partial charge in [-0.2, -0.15) is 0 Å². The maximum Gasteiger partial charge on any atom is 0.251 e. The number of benzene rings is 2. The zero-order chi connectivity index (χ0) is 21.4. The number of pyridine rings is 1. The Labute approximate surface area is 181 Å². The van der Waals surface area contributed by atoms with Gasteiger partial charge in [-0.3, -0.25) is 9.78 Å². The average molecular weight is 442 g/mol. The van der Waals surface area contributed by atoms with E-state index in [1.165, 1.54) is 7.05 Å². The van der Waals surface area contributed by atoms with Crippen molar-refractivity contribution in [2.75, 3.05) is 7.05 Å². The Hall–Kier alpha value is -2.68. The first-order valence-corrected chi connectivity index (χ1v) is 12.0. The molecule has 0 spiro atoms. The van der Waals surface area contributed by atoms with Crippen LogP contribution in [0.2, 0.25) is 0 Å².